The Labute approximate surface area is 161 Å². The zero-order valence-corrected chi connectivity index (χ0v) is 16.9. The molecule has 146 valence electrons. The first-order chi connectivity index (χ1) is 13.1. The van der Waals surface area contributed by atoms with E-state index in [0.717, 1.165) is 53.6 Å². The Kier molecular flexibility index (Phi) is 6.11. The fourth-order valence-electron chi connectivity index (χ4n) is 3.63. The van der Waals surface area contributed by atoms with Gasteiger partial charge in [0.25, 0.3) is 0 Å². The van der Waals surface area contributed by atoms with Crippen molar-refractivity contribution in [2.75, 3.05) is 41.0 Å². The molecule has 0 unspecified atom stereocenters. The van der Waals surface area contributed by atoms with E-state index in [1.165, 1.54) is 0 Å². The molecule has 2 aromatic rings. The molecular formula is C22H29NO4. The first-order valence-electron chi connectivity index (χ1n) is 9.34. The number of methoxy groups -OCH3 is 3. The van der Waals surface area contributed by atoms with Gasteiger partial charge in [0, 0.05) is 30.8 Å². The second kappa shape index (κ2) is 8.53. The Morgan fingerprint density at radius 1 is 1.04 bits per heavy atom. The van der Waals surface area contributed by atoms with E-state index in [-0.39, 0.29) is 0 Å². The first kappa shape index (κ1) is 19.4. The minimum Gasteiger partial charge on any atom is -0.493 e. The average Bonchev–Trinajstić information content (AvgIpc) is 2.87. The molecule has 1 aliphatic rings. The molecule has 5 nitrogen and oxygen atoms in total. The minimum atomic E-state index is 0.607. The summed E-state index contributed by atoms with van der Waals surface area (Å²) in [6.07, 6.45) is 0. The van der Waals surface area contributed by atoms with Gasteiger partial charge in [-0.15, -0.1) is 0 Å². The Balaban J connectivity index is 2.08. The van der Waals surface area contributed by atoms with Gasteiger partial charge in [-0.2, -0.15) is 0 Å². The molecule has 0 amide bonds. The summed E-state index contributed by atoms with van der Waals surface area (Å²) in [6.45, 7) is 7.93. The van der Waals surface area contributed by atoms with Crippen LogP contribution in [0.5, 0.6) is 23.0 Å². The molecule has 1 aliphatic heterocycles. The van der Waals surface area contributed by atoms with Crippen LogP contribution in [-0.4, -0.2) is 45.9 Å². The van der Waals surface area contributed by atoms with E-state index in [1.54, 1.807) is 21.3 Å². The third kappa shape index (κ3) is 4.14. The second-order valence-corrected chi connectivity index (χ2v) is 7.19. The summed E-state index contributed by atoms with van der Waals surface area (Å²) in [5.74, 6) is 3.63. The van der Waals surface area contributed by atoms with E-state index in [4.69, 9.17) is 18.9 Å². The van der Waals surface area contributed by atoms with Crippen LogP contribution in [0.25, 0.3) is 11.1 Å². The van der Waals surface area contributed by atoms with Crippen LogP contribution < -0.4 is 18.9 Å². The topological polar surface area (TPSA) is 40.2 Å². The highest BCUT2D eigenvalue weighted by molar-refractivity contribution is 5.77. The van der Waals surface area contributed by atoms with Gasteiger partial charge in [-0.25, -0.2) is 0 Å². The second-order valence-electron chi connectivity index (χ2n) is 7.19. The minimum absolute atomic E-state index is 0.607. The van der Waals surface area contributed by atoms with E-state index in [1.807, 2.05) is 24.3 Å². The van der Waals surface area contributed by atoms with Crippen LogP contribution in [0, 0.1) is 5.92 Å². The molecule has 0 saturated heterocycles. The lowest BCUT2D eigenvalue weighted by Gasteiger charge is -2.22. The van der Waals surface area contributed by atoms with Gasteiger partial charge in [0.1, 0.15) is 6.61 Å². The van der Waals surface area contributed by atoms with Crippen LogP contribution in [-0.2, 0) is 6.54 Å². The molecule has 0 aromatic heterocycles. The van der Waals surface area contributed by atoms with Gasteiger partial charge < -0.3 is 18.9 Å². The van der Waals surface area contributed by atoms with E-state index < -0.39 is 0 Å². The smallest absolute Gasteiger partial charge is 0.168 e. The zero-order valence-electron chi connectivity index (χ0n) is 16.9. The molecule has 0 saturated carbocycles. The van der Waals surface area contributed by atoms with E-state index in [9.17, 15) is 0 Å². The van der Waals surface area contributed by atoms with Crippen LogP contribution in [0.4, 0.5) is 0 Å². The third-order valence-corrected chi connectivity index (χ3v) is 4.74. The highest BCUT2D eigenvalue weighted by Crippen LogP contribution is 2.43. The molecular weight excluding hydrogens is 342 g/mol. The molecule has 0 N–H and O–H groups in total. The van der Waals surface area contributed by atoms with E-state index in [2.05, 4.69) is 24.8 Å². The summed E-state index contributed by atoms with van der Waals surface area (Å²) < 4.78 is 22.8. The van der Waals surface area contributed by atoms with Crippen molar-refractivity contribution in [2.45, 2.75) is 20.4 Å². The fraction of sp³-hybridized carbons (Fsp3) is 0.455. The molecule has 0 aliphatic carbocycles. The number of benzene rings is 2. The molecule has 2 aromatic carbocycles. The summed E-state index contributed by atoms with van der Waals surface area (Å²) >= 11 is 0. The molecule has 5 heteroatoms. The quantitative estimate of drug-likeness (QED) is 0.760. The average molecular weight is 371 g/mol. The largest absolute Gasteiger partial charge is 0.493 e. The lowest BCUT2D eigenvalue weighted by Crippen LogP contribution is -2.29. The number of fused-ring (bicyclic) bond motifs is 1. The van der Waals surface area contributed by atoms with Gasteiger partial charge in [0.15, 0.2) is 23.0 Å². The Bertz CT molecular complexity index is 788. The number of para-hydroxylation sites is 1. The van der Waals surface area contributed by atoms with Gasteiger partial charge in [-0.05, 0) is 29.7 Å². The standard InChI is InChI=1S/C22H29NO4/c1-15(2)13-23-9-10-27-21-17(14-23)11-16(12-20(21)25-4)18-7-6-8-19(24-3)22(18)26-5/h6-8,11-12,15H,9-10,13-14H2,1-5H3. The van der Waals surface area contributed by atoms with Gasteiger partial charge in [0.05, 0.1) is 21.3 Å². The molecule has 1 heterocycles. The van der Waals surface area contributed by atoms with Gasteiger partial charge in [-0.1, -0.05) is 26.0 Å². The summed E-state index contributed by atoms with van der Waals surface area (Å²) in [7, 11) is 4.99. The Morgan fingerprint density at radius 2 is 1.81 bits per heavy atom. The summed E-state index contributed by atoms with van der Waals surface area (Å²) in [4.78, 5) is 2.43. The maximum Gasteiger partial charge on any atom is 0.168 e. The highest BCUT2D eigenvalue weighted by Gasteiger charge is 2.22. The number of hydrogen-bond acceptors (Lipinski definition) is 5. The first-order valence-corrected chi connectivity index (χ1v) is 9.34. The summed E-state index contributed by atoms with van der Waals surface area (Å²) in [6, 6.07) is 10.1. The molecule has 0 radical (unpaired) electrons. The maximum absolute atomic E-state index is 6.05. The monoisotopic (exact) mass is 371 g/mol. The van der Waals surface area contributed by atoms with Gasteiger partial charge in [0.2, 0.25) is 0 Å². The van der Waals surface area contributed by atoms with Crippen molar-refractivity contribution in [1.29, 1.82) is 0 Å². The third-order valence-electron chi connectivity index (χ3n) is 4.74. The summed E-state index contributed by atoms with van der Waals surface area (Å²) in [5, 5.41) is 0. The summed E-state index contributed by atoms with van der Waals surface area (Å²) in [5.41, 5.74) is 3.13. The van der Waals surface area contributed by atoms with Crippen molar-refractivity contribution in [3.05, 3.63) is 35.9 Å². The Morgan fingerprint density at radius 3 is 2.48 bits per heavy atom. The molecule has 0 spiro atoms. The fourth-order valence-corrected chi connectivity index (χ4v) is 3.63. The number of hydrogen-bond donors (Lipinski definition) is 0. The van der Waals surface area contributed by atoms with Crippen LogP contribution in [0.2, 0.25) is 0 Å². The van der Waals surface area contributed by atoms with Gasteiger partial charge >= 0.3 is 0 Å². The van der Waals surface area contributed by atoms with Crippen molar-refractivity contribution < 1.29 is 18.9 Å². The van der Waals surface area contributed by atoms with E-state index in [0.29, 0.717) is 18.3 Å². The molecule has 0 fully saturated rings. The van der Waals surface area contributed by atoms with Crippen molar-refractivity contribution >= 4 is 0 Å². The number of ether oxygens (including phenoxy) is 4. The molecule has 3 rings (SSSR count). The molecule has 27 heavy (non-hydrogen) atoms. The predicted molar refractivity (Wildman–Crippen MR) is 107 cm³/mol. The highest BCUT2D eigenvalue weighted by atomic mass is 16.5. The normalized spacial score (nSPS) is 14.3. The van der Waals surface area contributed by atoms with Crippen molar-refractivity contribution in [3.63, 3.8) is 0 Å². The molecule has 0 bridgehead atoms. The van der Waals surface area contributed by atoms with Crippen LogP contribution in [0.3, 0.4) is 0 Å². The van der Waals surface area contributed by atoms with Crippen molar-refractivity contribution in [2.24, 2.45) is 5.92 Å². The van der Waals surface area contributed by atoms with Crippen LogP contribution in [0.1, 0.15) is 19.4 Å². The number of nitrogens with zero attached hydrogens (tertiary/aromatic N) is 1. The lowest BCUT2D eigenvalue weighted by molar-refractivity contribution is 0.205. The SMILES string of the molecule is COc1cc(-c2cccc(OC)c2OC)cc2c1OCCN(CC(C)C)C2. The van der Waals surface area contributed by atoms with Crippen molar-refractivity contribution in [3.8, 4) is 34.1 Å². The number of rotatable bonds is 6. The van der Waals surface area contributed by atoms with Gasteiger partial charge in [-0.3, -0.25) is 4.90 Å². The molecule has 0 atom stereocenters. The van der Waals surface area contributed by atoms with Crippen LogP contribution in [0.15, 0.2) is 30.3 Å². The van der Waals surface area contributed by atoms with E-state index >= 15 is 0 Å². The predicted octanol–water partition coefficient (Wildman–Crippen LogP) is 4.23. The maximum atomic E-state index is 6.05. The lowest BCUT2D eigenvalue weighted by atomic mass is 10.00. The van der Waals surface area contributed by atoms with Crippen LogP contribution >= 0.6 is 0 Å². The Hall–Kier alpha value is -2.40. The zero-order chi connectivity index (χ0) is 19.4. The van der Waals surface area contributed by atoms with Crippen molar-refractivity contribution in [1.82, 2.24) is 4.90 Å².